The summed E-state index contributed by atoms with van der Waals surface area (Å²) in [4.78, 5) is 13.2. The molecule has 0 aromatic heterocycles. The van der Waals surface area contributed by atoms with E-state index in [4.69, 9.17) is 4.74 Å². The number of carbonyl (C=O) groups excluding carboxylic acids is 1. The maximum Gasteiger partial charge on any atom is 0.161 e. The van der Waals surface area contributed by atoms with Gasteiger partial charge in [0, 0.05) is 23.2 Å². The van der Waals surface area contributed by atoms with E-state index in [0.717, 1.165) is 41.0 Å². The normalized spacial score (nSPS) is 17.3. The Morgan fingerprint density at radius 1 is 0.818 bits per heavy atom. The van der Waals surface area contributed by atoms with Crippen LogP contribution in [0.4, 0.5) is 5.69 Å². The van der Waals surface area contributed by atoms with Gasteiger partial charge in [-0.15, -0.1) is 0 Å². The Balaban J connectivity index is 1.36. The smallest absolute Gasteiger partial charge is 0.161 e. The summed E-state index contributed by atoms with van der Waals surface area (Å²) in [5.41, 5.74) is 6.69. The number of rotatable bonds is 4. The minimum Gasteiger partial charge on any atom is -0.489 e. The van der Waals surface area contributed by atoms with Crippen molar-refractivity contribution in [2.75, 3.05) is 5.32 Å². The Morgan fingerprint density at radius 3 is 2.45 bits per heavy atom. The van der Waals surface area contributed by atoms with Crippen LogP contribution in [0.15, 0.2) is 96.6 Å². The van der Waals surface area contributed by atoms with Gasteiger partial charge in [-0.1, -0.05) is 72.8 Å². The second-order valence-electron chi connectivity index (χ2n) is 8.80. The molecule has 1 aliphatic heterocycles. The first kappa shape index (κ1) is 19.8. The molecule has 4 aromatic rings. The van der Waals surface area contributed by atoms with Crippen LogP contribution in [0.25, 0.3) is 16.3 Å². The second kappa shape index (κ2) is 8.25. The number of anilines is 1. The Labute approximate surface area is 193 Å². The average Bonchev–Trinajstić information content (AvgIpc) is 2.88. The number of hydrogen-bond donors (Lipinski definition) is 1. The standard InChI is InChI=1S/C30H25NO2/c32-27-12-6-11-25-28-24-10-5-4-9-21(24)15-18-26(28)31-30(29(25)27)22-13-16-23(17-14-22)33-19-20-7-2-1-3-8-20/h1-5,7-10,13-18,30-31H,6,11-12,19H2/t30-/m0/s1. The highest BCUT2D eigenvalue weighted by atomic mass is 16.5. The van der Waals surface area contributed by atoms with Crippen molar-refractivity contribution >= 4 is 27.8 Å². The van der Waals surface area contributed by atoms with E-state index in [2.05, 4.69) is 66.0 Å². The number of hydrogen-bond acceptors (Lipinski definition) is 3. The second-order valence-corrected chi connectivity index (χ2v) is 8.80. The Morgan fingerprint density at radius 2 is 1.61 bits per heavy atom. The summed E-state index contributed by atoms with van der Waals surface area (Å²) < 4.78 is 5.97. The van der Waals surface area contributed by atoms with Gasteiger partial charge in [0.2, 0.25) is 0 Å². The van der Waals surface area contributed by atoms with E-state index in [1.165, 1.54) is 21.9 Å². The van der Waals surface area contributed by atoms with Crippen molar-refractivity contribution in [1.29, 1.82) is 0 Å². The van der Waals surface area contributed by atoms with Gasteiger partial charge in [0.1, 0.15) is 12.4 Å². The molecular formula is C30H25NO2. The van der Waals surface area contributed by atoms with Crippen LogP contribution in [-0.4, -0.2) is 5.78 Å². The molecule has 2 aliphatic rings. The van der Waals surface area contributed by atoms with E-state index < -0.39 is 0 Å². The number of carbonyl (C=O) groups is 1. The van der Waals surface area contributed by atoms with Crippen LogP contribution in [0.3, 0.4) is 0 Å². The molecule has 0 amide bonds. The molecule has 0 unspecified atom stereocenters. The molecule has 4 aromatic carbocycles. The van der Waals surface area contributed by atoms with Crippen molar-refractivity contribution in [1.82, 2.24) is 0 Å². The molecule has 1 heterocycles. The fourth-order valence-electron chi connectivity index (χ4n) is 5.15. The molecule has 1 atom stereocenters. The Hall–Kier alpha value is -3.85. The maximum absolute atomic E-state index is 13.2. The molecule has 0 fully saturated rings. The zero-order chi connectivity index (χ0) is 22.2. The molecule has 3 nitrogen and oxygen atoms in total. The lowest BCUT2D eigenvalue weighted by Crippen LogP contribution is -2.27. The predicted molar refractivity (Wildman–Crippen MR) is 133 cm³/mol. The molecule has 33 heavy (non-hydrogen) atoms. The minimum atomic E-state index is -0.135. The van der Waals surface area contributed by atoms with E-state index in [1.807, 2.05) is 30.3 Å². The summed E-state index contributed by atoms with van der Waals surface area (Å²) in [7, 11) is 0. The third-order valence-electron chi connectivity index (χ3n) is 6.74. The zero-order valence-corrected chi connectivity index (χ0v) is 18.4. The van der Waals surface area contributed by atoms with Gasteiger partial charge >= 0.3 is 0 Å². The largest absolute Gasteiger partial charge is 0.489 e. The van der Waals surface area contributed by atoms with Crippen molar-refractivity contribution < 1.29 is 9.53 Å². The maximum atomic E-state index is 13.2. The molecule has 0 radical (unpaired) electrons. The number of benzene rings is 4. The van der Waals surface area contributed by atoms with Crippen LogP contribution >= 0.6 is 0 Å². The van der Waals surface area contributed by atoms with Crippen LogP contribution in [0, 0.1) is 0 Å². The van der Waals surface area contributed by atoms with Crippen LogP contribution in [0.5, 0.6) is 5.75 Å². The summed E-state index contributed by atoms with van der Waals surface area (Å²) in [6.07, 6.45) is 2.48. The third kappa shape index (κ3) is 3.60. The molecule has 0 bridgehead atoms. The Kier molecular flexibility index (Phi) is 4.95. The van der Waals surface area contributed by atoms with Crippen LogP contribution < -0.4 is 10.1 Å². The van der Waals surface area contributed by atoms with Gasteiger partial charge in [0.15, 0.2) is 5.78 Å². The van der Waals surface area contributed by atoms with E-state index in [-0.39, 0.29) is 11.8 Å². The number of ether oxygens (including phenoxy) is 1. The highest BCUT2D eigenvalue weighted by Gasteiger charge is 2.34. The molecule has 1 aliphatic carbocycles. The average molecular weight is 432 g/mol. The summed E-state index contributed by atoms with van der Waals surface area (Å²) in [5.74, 6) is 1.09. The van der Waals surface area contributed by atoms with Crippen molar-refractivity contribution in [3.8, 4) is 5.75 Å². The van der Waals surface area contributed by atoms with E-state index in [0.29, 0.717) is 13.0 Å². The zero-order valence-electron chi connectivity index (χ0n) is 18.4. The SMILES string of the molecule is O=C1CCCC2=C1[C@H](c1ccc(OCc3ccccc3)cc1)Nc1ccc3ccccc3c12. The molecule has 6 rings (SSSR count). The molecule has 1 N–H and O–H groups in total. The van der Waals surface area contributed by atoms with Gasteiger partial charge < -0.3 is 10.1 Å². The van der Waals surface area contributed by atoms with Gasteiger partial charge in [0.25, 0.3) is 0 Å². The first-order valence-electron chi connectivity index (χ1n) is 11.6. The molecule has 162 valence electrons. The van der Waals surface area contributed by atoms with Gasteiger partial charge in [-0.25, -0.2) is 0 Å². The fourth-order valence-corrected chi connectivity index (χ4v) is 5.15. The first-order chi connectivity index (χ1) is 16.3. The summed E-state index contributed by atoms with van der Waals surface area (Å²) >= 11 is 0. The number of Topliss-reactive ketones (excluding diaryl/α,β-unsaturated/α-hetero) is 1. The summed E-state index contributed by atoms with van der Waals surface area (Å²) in [6, 6.07) is 31.0. The number of allylic oxidation sites excluding steroid dienone is 1. The molecule has 0 saturated heterocycles. The molecule has 0 spiro atoms. The summed E-state index contributed by atoms with van der Waals surface area (Å²) in [5, 5.41) is 6.12. The molecule has 0 saturated carbocycles. The van der Waals surface area contributed by atoms with Crippen LogP contribution in [0.2, 0.25) is 0 Å². The summed E-state index contributed by atoms with van der Waals surface area (Å²) in [6.45, 7) is 0.538. The third-order valence-corrected chi connectivity index (χ3v) is 6.74. The van der Waals surface area contributed by atoms with Crippen molar-refractivity contribution in [3.05, 3.63) is 113 Å². The monoisotopic (exact) mass is 431 g/mol. The van der Waals surface area contributed by atoms with E-state index in [1.54, 1.807) is 0 Å². The lowest BCUT2D eigenvalue weighted by atomic mass is 9.77. The number of nitrogens with one attached hydrogen (secondary N) is 1. The van der Waals surface area contributed by atoms with Crippen molar-refractivity contribution in [2.24, 2.45) is 0 Å². The topological polar surface area (TPSA) is 38.3 Å². The van der Waals surface area contributed by atoms with Gasteiger partial charge in [-0.2, -0.15) is 0 Å². The highest BCUT2D eigenvalue weighted by molar-refractivity contribution is 6.12. The van der Waals surface area contributed by atoms with Crippen LogP contribution in [-0.2, 0) is 11.4 Å². The minimum absolute atomic E-state index is 0.135. The first-order valence-corrected chi connectivity index (χ1v) is 11.6. The van der Waals surface area contributed by atoms with Crippen LogP contribution in [0.1, 0.15) is 42.0 Å². The Bertz CT molecular complexity index is 1370. The van der Waals surface area contributed by atoms with Gasteiger partial charge in [-0.3, -0.25) is 4.79 Å². The predicted octanol–water partition coefficient (Wildman–Crippen LogP) is 7.09. The number of fused-ring (bicyclic) bond motifs is 4. The van der Waals surface area contributed by atoms with Crippen molar-refractivity contribution in [2.45, 2.75) is 31.9 Å². The quantitative estimate of drug-likeness (QED) is 0.375. The lowest BCUT2D eigenvalue weighted by Gasteiger charge is -2.35. The fraction of sp³-hybridized carbons (Fsp3) is 0.167. The molecular weight excluding hydrogens is 406 g/mol. The highest BCUT2D eigenvalue weighted by Crippen LogP contribution is 2.48. The lowest BCUT2D eigenvalue weighted by molar-refractivity contribution is -0.116. The molecule has 3 heteroatoms. The van der Waals surface area contributed by atoms with Gasteiger partial charge in [0.05, 0.1) is 6.04 Å². The van der Waals surface area contributed by atoms with E-state index >= 15 is 0 Å². The van der Waals surface area contributed by atoms with Crippen molar-refractivity contribution in [3.63, 3.8) is 0 Å². The number of ketones is 1. The van der Waals surface area contributed by atoms with E-state index in [9.17, 15) is 4.79 Å². The van der Waals surface area contributed by atoms with Gasteiger partial charge in [-0.05, 0) is 58.5 Å².